The van der Waals surface area contributed by atoms with Crippen LogP contribution in [0.25, 0.3) is 0 Å². The summed E-state index contributed by atoms with van der Waals surface area (Å²) in [4.78, 5) is 12.4. The summed E-state index contributed by atoms with van der Waals surface area (Å²) >= 11 is 1.96. The highest BCUT2D eigenvalue weighted by Crippen LogP contribution is 2.13. The van der Waals surface area contributed by atoms with Crippen molar-refractivity contribution in [1.29, 1.82) is 0 Å². The molecule has 1 N–H and O–H groups in total. The van der Waals surface area contributed by atoms with E-state index < -0.39 is 13.9 Å². The molecule has 22 heavy (non-hydrogen) atoms. The molecule has 0 aromatic heterocycles. The van der Waals surface area contributed by atoms with Gasteiger partial charge in [0.2, 0.25) is 10.0 Å². The van der Waals surface area contributed by atoms with Gasteiger partial charge in [-0.2, -0.15) is 0 Å². The molecule has 2 aromatic carbocycles. The molecule has 0 aliphatic carbocycles. The number of halogens is 1. The first-order valence-electron chi connectivity index (χ1n) is 6.70. The molecule has 0 spiro atoms. The van der Waals surface area contributed by atoms with Crippen molar-refractivity contribution in [2.45, 2.75) is 15.7 Å². The standard InChI is InChI=1S/C16H16INO3S/c1-12-7-9-14(10-8-12)22(20,21)18-11-15(17)16(19)13-5-3-2-4-6-13/h2-10,15,18H,11H2,1H3. The van der Waals surface area contributed by atoms with Crippen LogP contribution in [0.1, 0.15) is 15.9 Å². The number of nitrogens with one attached hydrogen (secondary N) is 1. The van der Waals surface area contributed by atoms with Crippen molar-refractivity contribution in [1.82, 2.24) is 4.72 Å². The van der Waals surface area contributed by atoms with Gasteiger partial charge in [-0.3, -0.25) is 4.79 Å². The van der Waals surface area contributed by atoms with Gasteiger partial charge in [0.05, 0.1) is 8.82 Å². The van der Waals surface area contributed by atoms with Gasteiger partial charge in [0.25, 0.3) is 0 Å². The number of benzene rings is 2. The van der Waals surface area contributed by atoms with Crippen molar-refractivity contribution in [2.75, 3.05) is 6.54 Å². The maximum Gasteiger partial charge on any atom is 0.240 e. The molecular formula is C16H16INO3S. The lowest BCUT2D eigenvalue weighted by Crippen LogP contribution is -2.33. The molecule has 116 valence electrons. The second-order valence-corrected chi connectivity index (χ2v) is 8.13. The van der Waals surface area contributed by atoms with Crippen LogP contribution in [0.4, 0.5) is 0 Å². The normalized spacial score (nSPS) is 12.8. The molecule has 6 heteroatoms. The summed E-state index contributed by atoms with van der Waals surface area (Å²) in [6, 6.07) is 15.4. The second kappa shape index (κ2) is 7.34. The lowest BCUT2D eigenvalue weighted by molar-refractivity contribution is 0.0995. The van der Waals surface area contributed by atoms with Gasteiger partial charge in [-0.25, -0.2) is 13.1 Å². The molecule has 0 heterocycles. The van der Waals surface area contributed by atoms with E-state index in [0.29, 0.717) is 5.56 Å². The van der Waals surface area contributed by atoms with Gasteiger partial charge in [0.15, 0.2) is 5.78 Å². The molecule has 0 fully saturated rings. The van der Waals surface area contributed by atoms with Crippen LogP contribution in [0.5, 0.6) is 0 Å². The Hall–Kier alpha value is -1.25. The average Bonchev–Trinajstić information content (AvgIpc) is 2.53. The smallest absolute Gasteiger partial charge is 0.240 e. The number of hydrogen-bond acceptors (Lipinski definition) is 3. The Morgan fingerprint density at radius 3 is 2.27 bits per heavy atom. The quantitative estimate of drug-likeness (QED) is 0.437. The van der Waals surface area contributed by atoms with Gasteiger partial charge in [0, 0.05) is 12.1 Å². The van der Waals surface area contributed by atoms with Crippen LogP contribution in [0, 0.1) is 6.92 Å². The Labute approximate surface area is 144 Å². The van der Waals surface area contributed by atoms with Gasteiger partial charge in [-0.15, -0.1) is 0 Å². The van der Waals surface area contributed by atoms with Crippen LogP contribution in [-0.2, 0) is 10.0 Å². The van der Waals surface area contributed by atoms with Crippen LogP contribution in [0.2, 0.25) is 0 Å². The fourth-order valence-electron chi connectivity index (χ4n) is 1.86. The summed E-state index contributed by atoms with van der Waals surface area (Å²) in [5.41, 5.74) is 1.57. The average molecular weight is 429 g/mol. The number of hydrogen-bond donors (Lipinski definition) is 1. The maximum absolute atomic E-state index is 12.2. The van der Waals surface area contributed by atoms with Crippen molar-refractivity contribution in [2.24, 2.45) is 0 Å². The zero-order valence-electron chi connectivity index (χ0n) is 12.0. The van der Waals surface area contributed by atoms with Crippen molar-refractivity contribution in [3.63, 3.8) is 0 Å². The molecular weight excluding hydrogens is 413 g/mol. The zero-order chi connectivity index (χ0) is 16.2. The number of ketones is 1. The third-order valence-corrected chi connectivity index (χ3v) is 5.57. The van der Waals surface area contributed by atoms with E-state index in [1.54, 1.807) is 48.5 Å². The zero-order valence-corrected chi connectivity index (χ0v) is 15.0. The van der Waals surface area contributed by atoms with E-state index in [1.165, 1.54) is 0 Å². The molecule has 0 saturated carbocycles. The Morgan fingerprint density at radius 1 is 1.09 bits per heavy atom. The minimum Gasteiger partial charge on any atom is -0.293 e. The van der Waals surface area contributed by atoms with Crippen molar-refractivity contribution in [3.8, 4) is 0 Å². The highest BCUT2D eigenvalue weighted by atomic mass is 127. The molecule has 4 nitrogen and oxygen atoms in total. The summed E-state index contributed by atoms with van der Waals surface area (Å²) in [6.07, 6.45) is 0. The molecule has 0 aliphatic rings. The lowest BCUT2D eigenvalue weighted by atomic mass is 10.1. The number of carbonyl (C=O) groups is 1. The van der Waals surface area contributed by atoms with Gasteiger partial charge < -0.3 is 0 Å². The van der Waals surface area contributed by atoms with Crippen LogP contribution in [0.15, 0.2) is 59.5 Å². The molecule has 2 aromatic rings. The summed E-state index contributed by atoms with van der Waals surface area (Å²) in [5.74, 6) is -0.0900. The largest absolute Gasteiger partial charge is 0.293 e. The highest BCUT2D eigenvalue weighted by Gasteiger charge is 2.20. The first-order chi connectivity index (χ1) is 10.4. The number of sulfonamides is 1. The Morgan fingerprint density at radius 2 is 1.68 bits per heavy atom. The predicted molar refractivity (Wildman–Crippen MR) is 94.9 cm³/mol. The molecule has 0 bridgehead atoms. The first kappa shape index (κ1) is 17.1. The Bertz CT molecular complexity index is 743. The minimum atomic E-state index is -3.59. The van der Waals surface area contributed by atoms with Crippen LogP contribution < -0.4 is 4.72 Å². The van der Waals surface area contributed by atoms with Crippen molar-refractivity contribution in [3.05, 3.63) is 65.7 Å². The number of carbonyl (C=O) groups excluding carboxylic acids is 1. The SMILES string of the molecule is Cc1ccc(S(=O)(=O)NCC(I)C(=O)c2ccccc2)cc1. The first-order valence-corrected chi connectivity index (χ1v) is 9.43. The van der Waals surface area contributed by atoms with E-state index in [2.05, 4.69) is 4.72 Å². The second-order valence-electron chi connectivity index (χ2n) is 4.86. The highest BCUT2D eigenvalue weighted by molar-refractivity contribution is 14.1. The van der Waals surface area contributed by atoms with Crippen LogP contribution in [0.3, 0.4) is 0 Å². The molecule has 1 unspecified atom stereocenters. The number of alkyl halides is 1. The van der Waals surface area contributed by atoms with E-state index in [9.17, 15) is 13.2 Å². The molecule has 0 amide bonds. The van der Waals surface area contributed by atoms with E-state index >= 15 is 0 Å². The summed E-state index contributed by atoms with van der Waals surface area (Å²) in [6.45, 7) is 1.95. The van der Waals surface area contributed by atoms with Crippen LogP contribution in [-0.4, -0.2) is 24.7 Å². The number of rotatable bonds is 6. The summed E-state index contributed by atoms with van der Waals surface area (Å²) < 4.78 is 26.4. The van der Waals surface area contributed by atoms with Crippen molar-refractivity contribution >= 4 is 38.4 Å². The topological polar surface area (TPSA) is 63.2 Å². The van der Waals surface area contributed by atoms with Gasteiger partial charge >= 0.3 is 0 Å². The third-order valence-electron chi connectivity index (χ3n) is 3.13. The lowest BCUT2D eigenvalue weighted by Gasteiger charge is -2.11. The third kappa shape index (κ3) is 4.37. The Balaban J connectivity index is 2.02. The maximum atomic E-state index is 12.2. The number of aryl methyl sites for hydroxylation is 1. The molecule has 0 aliphatic heterocycles. The molecule has 0 saturated heterocycles. The summed E-state index contributed by atoms with van der Waals surface area (Å²) in [7, 11) is -3.59. The minimum absolute atomic E-state index is 0.0600. The van der Waals surface area contributed by atoms with Gasteiger partial charge in [-0.05, 0) is 19.1 Å². The molecule has 1 atom stereocenters. The molecule has 2 rings (SSSR count). The van der Waals surface area contributed by atoms with Crippen LogP contribution >= 0.6 is 22.6 Å². The van der Waals surface area contributed by atoms with Gasteiger partial charge in [-0.1, -0.05) is 70.6 Å². The fourth-order valence-corrected chi connectivity index (χ4v) is 3.79. The van der Waals surface area contributed by atoms with E-state index in [1.807, 2.05) is 35.6 Å². The predicted octanol–water partition coefficient (Wildman–Crippen LogP) is 2.96. The monoisotopic (exact) mass is 429 g/mol. The molecule has 0 radical (unpaired) electrons. The van der Waals surface area contributed by atoms with E-state index in [0.717, 1.165) is 5.56 Å². The van der Waals surface area contributed by atoms with E-state index in [-0.39, 0.29) is 17.2 Å². The van der Waals surface area contributed by atoms with E-state index in [4.69, 9.17) is 0 Å². The van der Waals surface area contributed by atoms with Gasteiger partial charge in [0.1, 0.15) is 0 Å². The number of Topliss-reactive ketones (excluding diaryl/α,β-unsaturated/α-hetero) is 1. The fraction of sp³-hybridized carbons (Fsp3) is 0.188. The van der Waals surface area contributed by atoms with Crippen molar-refractivity contribution < 1.29 is 13.2 Å². The summed E-state index contributed by atoms with van der Waals surface area (Å²) in [5, 5.41) is 0. The Kier molecular flexibility index (Phi) is 5.71.